The lowest BCUT2D eigenvalue weighted by atomic mass is 10.2. The molecule has 0 aliphatic rings. The number of nitrogens with two attached hydrogens (primary N) is 1. The number of nitrogens with zero attached hydrogens (tertiary/aromatic N) is 2. The first-order valence-electron chi connectivity index (χ1n) is 5.54. The zero-order valence-corrected chi connectivity index (χ0v) is 12.8. The Balaban J connectivity index is 2.27. The summed E-state index contributed by atoms with van der Waals surface area (Å²) in [7, 11) is 1.69. The lowest BCUT2D eigenvalue weighted by molar-refractivity contribution is -0.141. The van der Waals surface area contributed by atoms with E-state index in [0.29, 0.717) is 12.2 Å². The third-order valence-electron chi connectivity index (χ3n) is 2.63. The van der Waals surface area contributed by atoms with E-state index in [2.05, 4.69) is 20.9 Å². The maximum Gasteiger partial charge on any atom is 0.433 e. The van der Waals surface area contributed by atoms with Gasteiger partial charge in [0.05, 0.1) is 24.1 Å². The number of rotatable bonds is 3. The van der Waals surface area contributed by atoms with Crippen LogP contribution in [0.15, 0.2) is 28.2 Å². The molecule has 0 aliphatic heterocycles. The molecule has 0 bridgehead atoms. The van der Waals surface area contributed by atoms with Crippen molar-refractivity contribution >= 4 is 38.6 Å². The van der Waals surface area contributed by atoms with E-state index in [0.717, 1.165) is 21.6 Å². The molecule has 2 aromatic heterocycles. The molecule has 2 aromatic rings. The fourth-order valence-corrected chi connectivity index (χ4v) is 3.20. The number of nitrogen functional groups attached to an aromatic ring is 1. The van der Waals surface area contributed by atoms with Crippen LogP contribution < -0.4 is 10.6 Å². The van der Waals surface area contributed by atoms with Crippen LogP contribution in [0.2, 0.25) is 0 Å². The Kier molecular flexibility index (Phi) is 4.24. The lowest BCUT2D eigenvalue weighted by Gasteiger charge is -2.21. The Hall–Kier alpha value is -1.28. The summed E-state index contributed by atoms with van der Waals surface area (Å²) >= 11 is 4.86. The van der Waals surface area contributed by atoms with Crippen LogP contribution >= 0.6 is 27.3 Å². The van der Waals surface area contributed by atoms with Crippen molar-refractivity contribution in [1.29, 1.82) is 0 Å². The molecule has 20 heavy (non-hydrogen) atoms. The molecule has 2 N–H and O–H groups in total. The van der Waals surface area contributed by atoms with Gasteiger partial charge in [-0.25, -0.2) is 4.98 Å². The van der Waals surface area contributed by atoms with Crippen molar-refractivity contribution in [2.75, 3.05) is 17.7 Å². The number of hydrogen-bond donors (Lipinski definition) is 1. The zero-order chi connectivity index (χ0) is 14.9. The van der Waals surface area contributed by atoms with Gasteiger partial charge in [-0.15, -0.1) is 11.3 Å². The standard InChI is InChI=1S/C12H11BrF3N3S/c1-19(5-8-2-7(13)6-20-8)10-3-11(12(14,15)16)18-4-9(10)17/h2-4,6H,5,17H2,1H3. The summed E-state index contributed by atoms with van der Waals surface area (Å²) in [6.07, 6.45) is -3.44. The van der Waals surface area contributed by atoms with E-state index in [1.165, 1.54) is 11.3 Å². The number of pyridine rings is 1. The molecule has 0 saturated carbocycles. The van der Waals surface area contributed by atoms with E-state index in [4.69, 9.17) is 5.73 Å². The van der Waals surface area contributed by atoms with Gasteiger partial charge in [-0.2, -0.15) is 13.2 Å². The second kappa shape index (κ2) is 5.61. The summed E-state index contributed by atoms with van der Waals surface area (Å²) in [6, 6.07) is 2.89. The first-order chi connectivity index (χ1) is 9.27. The molecule has 3 nitrogen and oxygen atoms in total. The van der Waals surface area contributed by atoms with E-state index >= 15 is 0 Å². The van der Waals surface area contributed by atoms with E-state index in [-0.39, 0.29) is 5.69 Å². The molecular formula is C12H11BrF3N3S. The molecule has 2 heterocycles. The molecule has 0 unspecified atom stereocenters. The van der Waals surface area contributed by atoms with Crippen LogP contribution in [0.3, 0.4) is 0 Å². The summed E-state index contributed by atoms with van der Waals surface area (Å²) in [5, 5.41) is 1.92. The minimum absolute atomic E-state index is 0.219. The van der Waals surface area contributed by atoms with Gasteiger partial charge in [0, 0.05) is 21.8 Å². The van der Waals surface area contributed by atoms with Crippen molar-refractivity contribution in [2.24, 2.45) is 0 Å². The van der Waals surface area contributed by atoms with Crippen molar-refractivity contribution in [3.63, 3.8) is 0 Å². The highest BCUT2D eigenvalue weighted by molar-refractivity contribution is 9.10. The monoisotopic (exact) mass is 365 g/mol. The molecule has 8 heteroatoms. The summed E-state index contributed by atoms with van der Waals surface area (Å²) in [6.45, 7) is 0.474. The molecule has 0 atom stereocenters. The summed E-state index contributed by atoms with van der Waals surface area (Å²) < 4.78 is 39.0. The second-order valence-corrected chi connectivity index (χ2v) is 6.12. The van der Waals surface area contributed by atoms with Crippen molar-refractivity contribution in [3.8, 4) is 0 Å². The average Bonchev–Trinajstić information content (AvgIpc) is 2.73. The normalized spacial score (nSPS) is 11.7. The highest BCUT2D eigenvalue weighted by Gasteiger charge is 2.33. The highest BCUT2D eigenvalue weighted by Crippen LogP contribution is 2.33. The highest BCUT2D eigenvalue weighted by atomic mass is 79.9. The molecule has 0 spiro atoms. The van der Waals surface area contributed by atoms with E-state index in [1.807, 2.05) is 11.4 Å². The SMILES string of the molecule is CN(Cc1cc(Br)cs1)c1cc(C(F)(F)F)ncc1N. The summed E-state index contributed by atoms with van der Waals surface area (Å²) in [4.78, 5) is 6.01. The third-order valence-corrected chi connectivity index (χ3v) is 4.31. The predicted molar refractivity (Wildman–Crippen MR) is 77.8 cm³/mol. The van der Waals surface area contributed by atoms with Crippen LogP contribution in [0.25, 0.3) is 0 Å². The molecule has 0 aromatic carbocycles. The van der Waals surface area contributed by atoms with Crippen LogP contribution in [0.4, 0.5) is 24.5 Å². The Bertz CT molecular complexity index is 612. The van der Waals surface area contributed by atoms with Gasteiger partial charge in [-0.05, 0) is 28.1 Å². The Morgan fingerprint density at radius 2 is 2.10 bits per heavy atom. The van der Waals surface area contributed by atoms with Crippen LogP contribution in [-0.4, -0.2) is 12.0 Å². The molecule has 0 fully saturated rings. The molecule has 2 rings (SSSR count). The van der Waals surface area contributed by atoms with Gasteiger partial charge in [0.1, 0.15) is 5.69 Å². The Morgan fingerprint density at radius 3 is 2.65 bits per heavy atom. The number of thiophene rings is 1. The maximum absolute atomic E-state index is 12.7. The Labute approximate surface area is 126 Å². The molecule has 0 amide bonds. The minimum atomic E-state index is -4.48. The Morgan fingerprint density at radius 1 is 1.40 bits per heavy atom. The largest absolute Gasteiger partial charge is 0.433 e. The van der Waals surface area contributed by atoms with Gasteiger partial charge < -0.3 is 10.6 Å². The van der Waals surface area contributed by atoms with Crippen molar-refractivity contribution in [3.05, 3.63) is 38.8 Å². The quantitative estimate of drug-likeness (QED) is 0.888. The number of hydrogen-bond acceptors (Lipinski definition) is 4. The molecule has 108 valence electrons. The van der Waals surface area contributed by atoms with Crippen LogP contribution in [0.5, 0.6) is 0 Å². The van der Waals surface area contributed by atoms with Crippen LogP contribution in [-0.2, 0) is 12.7 Å². The van der Waals surface area contributed by atoms with Crippen LogP contribution in [0.1, 0.15) is 10.6 Å². The average molecular weight is 366 g/mol. The van der Waals surface area contributed by atoms with Gasteiger partial charge in [-0.3, -0.25) is 0 Å². The van der Waals surface area contributed by atoms with Gasteiger partial charge >= 0.3 is 6.18 Å². The smallest absolute Gasteiger partial charge is 0.396 e. The van der Waals surface area contributed by atoms with E-state index < -0.39 is 11.9 Å². The molecule has 0 saturated heterocycles. The topological polar surface area (TPSA) is 42.2 Å². The predicted octanol–water partition coefficient (Wildman–Crippen LogP) is 4.14. The van der Waals surface area contributed by atoms with Crippen molar-refractivity contribution < 1.29 is 13.2 Å². The van der Waals surface area contributed by atoms with Crippen molar-refractivity contribution in [1.82, 2.24) is 4.98 Å². The van der Waals surface area contributed by atoms with Gasteiger partial charge in [0.15, 0.2) is 0 Å². The number of aromatic nitrogens is 1. The van der Waals surface area contributed by atoms with Crippen molar-refractivity contribution in [2.45, 2.75) is 12.7 Å². The molecule has 0 radical (unpaired) electrons. The third kappa shape index (κ3) is 3.43. The fraction of sp³-hybridized carbons (Fsp3) is 0.250. The second-order valence-electron chi connectivity index (χ2n) is 4.21. The minimum Gasteiger partial charge on any atom is -0.396 e. The lowest BCUT2D eigenvalue weighted by Crippen LogP contribution is -2.19. The van der Waals surface area contributed by atoms with E-state index in [1.54, 1.807) is 11.9 Å². The maximum atomic E-state index is 12.7. The number of alkyl halides is 3. The fourth-order valence-electron chi connectivity index (χ4n) is 1.70. The molecule has 0 aliphatic carbocycles. The van der Waals surface area contributed by atoms with E-state index in [9.17, 15) is 13.2 Å². The first-order valence-corrected chi connectivity index (χ1v) is 7.21. The summed E-state index contributed by atoms with van der Waals surface area (Å²) in [5.41, 5.74) is 5.31. The number of halogens is 4. The zero-order valence-electron chi connectivity index (χ0n) is 10.4. The molecular weight excluding hydrogens is 355 g/mol. The van der Waals surface area contributed by atoms with Crippen LogP contribution in [0, 0.1) is 0 Å². The van der Waals surface area contributed by atoms with Gasteiger partial charge in [0.25, 0.3) is 0 Å². The van der Waals surface area contributed by atoms with Gasteiger partial charge in [0.2, 0.25) is 0 Å². The first kappa shape index (κ1) is 15.1. The summed E-state index contributed by atoms with van der Waals surface area (Å²) in [5.74, 6) is 0. The number of anilines is 2. The van der Waals surface area contributed by atoms with Gasteiger partial charge in [-0.1, -0.05) is 0 Å².